The zero-order chi connectivity index (χ0) is 17.4. The van der Waals surface area contributed by atoms with Crippen molar-refractivity contribution < 1.29 is 13.0 Å². The van der Waals surface area contributed by atoms with Crippen LogP contribution >= 0.6 is 0 Å². The fourth-order valence-electron chi connectivity index (χ4n) is 2.00. The second kappa shape index (κ2) is 8.82. The summed E-state index contributed by atoms with van der Waals surface area (Å²) in [5, 5.41) is 0. The molecule has 0 amide bonds. The molecule has 0 unspecified atom stereocenters. The predicted molar refractivity (Wildman–Crippen MR) is 97.0 cm³/mol. The van der Waals surface area contributed by atoms with Crippen LogP contribution in [0.25, 0.3) is 0 Å². The van der Waals surface area contributed by atoms with Crippen molar-refractivity contribution in [3.8, 4) is 0 Å². The molecule has 0 atom stereocenters. The molecular weight excluding hydrogens is 335 g/mol. The van der Waals surface area contributed by atoms with E-state index in [1.807, 2.05) is 6.92 Å². The molecule has 0 aliphatic rings. The number of benzene rings is 3. The van der Waals surface area contributed by atoms with Crippen LogP contribution in [0.4, 0.5) is 0 Å². The van der Waals surface area contributed by atoms with Crippen LogP contribution in [0, 0.1) is 6.92 Å². The van der Waals surface area contributed by atoms with Crippen LogP contribution in [-0.2, 0) is 10.1 Å². The minimum atomic E-state index is -4.27. The van der Waals surface area contributed by atoms with Crippen LogP contribution in [0.15, 0.2) is 89.8 Å². The van der Waals surface area contributed by atoms with E-state index in [-0.39, 0.29) is 20.1 Å². The van der Waals surface area contributed by atoms with Gasteiger partial charge in [0.15, 0.2) is 0 Å². The summed E-state index contributed by atoms with van der Waals surface area (Å²) in [6, 6.07) is 27.1. The Morgan fingerprint density at radius 3 is 1.50 bits per heavy atom. The molecule has 0 aliphatic heterocycles. The van der Waals surface area contributed by atoms with Crippen LogP contribution in [0.2, 0.25) is 0 Å². The minimum absolute atomic E-state index is 0.178. The first-order chi connectivity index (χ1) is 11.4. The summed E-state index contributed by atoms with van der Waals surface area (Å²) in [7, 11) is -4.27. The summed E-state index contributed by atoms with van der Waals surface area (Å²) in [5.74, 6) is 0. The van der Waals surface area contributed by atoms with E-state index in [0.717, 1.165) is 5.56 Å². The van der Waals surface area contributed by atoms with Gasteiger partial charge in [0.25, 0.3) is 0 Å². The summed E-state index contributed by atoms with van der Waals surface area (Å²) in [4.78, 5) is -0.178. The van der Waals surface area contributed by atoms with Crippen molar-refractivity contribution in [2.24, 2.45) is 0 Å². The van der Waals surface area contributed by atoms with Crippen molar-refractivity contribution in [1.29, 1.82) is 0 Å². The molecule has 24 heavy (non-hydrogen) atoms. The quantitative estimate of drug-likeness (QED) is 0.537. The third-order valence-electron chi connectivity index (χ3n) is 3.24. The topological polar surface area (TPSA) is 57.2 Å². The van der Waals surface area contributed by atoms with Gasteiger partial charge in [0.1, 0.15) is 10.1 Å². The van der Waals surface area contributed by atoms with E-state index >= 15 is 0 Å². The molecule has 3 nitrogen and oxygen atoms in total. The first kappa shape index (κ1) is 18.4. The van der Waals surface area contributed by atoms with Crippen molar-refractivity contribution in [2.45, 2.75) is 11.8 Å². The van der Waals surface area contributed by atoms with Gasteiger partial charge in [-0.1, -0.05) is 17.7 Å². The molecule has 0 spiro atoms. The first-order valence-electron chi connectivity index (χ1n) is 7.42. The Labute approximate surface area is 149 Å². The van der Waals surface area contributed by atoms with Crippen molar-refractivity contribution in [3.05, 3.63) is 90.5 Å². The molecule has 3 aromatic rings. The second-order valence-corrected chi connectivity index (χ2v) is 8.23. The second-order valence-electron chi connectivity index (χ2n) is 5.23. The Hall–Kier alpha value is -1.90. The average molecular weight is 352 g/mol. The third kappa shape index (κ3) is 6.31. The van der Waals surface area contributed by atoms with Gasteiger partial charge in [-0.05, 0) is 19.1 Å². The van der Waals surface area contributed by atoms with Gasteiger partial charge in [-0.3, -0.25) is 0 Å². The summed E-state index contributed by atoms with van der Waals surface area (Å²) >= 11 is 0.271. The van der Waals surface area contributed by atoms with Crippen LogP contribution < -0.4 is 8.85 Å². The molecule has 0 radical (unpaired) electrons. The Balaban J connectivity index is 0.000000177. The van der Waals surface area contributed by atoms with Gasteiger partial charge in [-0.25, -0.2) is 8.42 Å². The zero-order valence-electron chi connectivity index (χ0n) is 13.3. The molecule has 0 saturated heterocycles. The Bertz CT molecular complexity index is 809. The van der Waals surface area contributed by atoms with Gasteiger partial charge < -0.3 is 4.55 Å². The van der Waals surface area contributed by atoms with E-state index < -0.39 is 10.1 Å². The molecule has 5 heteroatoms. The van der Waals surface area contributed by atoms with E-state index in [0.29, 0.717) is 0 Å². The molecule has 0 heterocycles. The summed E-state index contributed by atoms with van der Waals surface area (Å²) in [6.07, 6.45) is 0. The van der Waals surface area contributed by atoms with Crippen LogP contribution in [0.1, 0.15) is 5.56 Å². The van der Waals surface area contributed by atoms with E-state index in [4.69, 9.17) is 0 Å². The SMILES string of the molecule is Cc1ccc(S(=O)(=O)[O-])cc1.c1cc[c]([Al+][c]2ccccc2)cc1. The molecule has 0 bridgehead atoms. The van der Waals surface area contributed by atoms with E-state index in [1.54, 1.807) is 12.1 Å². The average Bonchev–Trinajstić information content (AvgIpc) is 2.57. The molecule has 0 saturated carbocycles. The Morgan fingerprint density at radius 1 is 0.708 bits per heavy atom. The fourth-order valence-corrected chi connectivity index (χ4v) is 3.68. The van der Waals surface area contributed by atoms with Crippen molar-refractivity contribution in [1.82, 2.24) is 0 Å². The van der Waals surface area contributed by atoms with Crippen LogP contribution in [-0.4, -0.2) is 28.2 Å². The maximum absolute atomic E-state index is 10.4. The van der Waals surface area contributed by atoms with Crippen molar-refractivity contribution in [2.75, 3.05) is 0 Å². The van der Waals surface area contributed by atoms with E-state index in [1.165, 1.54) is 21.0 Å². The molecular formula is C19H17AlO3S. The third-order valence-corrected chi connectivity index (χ3v) is 5.53. The first-order valence-corrected chi connectivity index (χ1v) is 9.99. The summed E-state index contributed by atoms with van der Waals surface area (Å²) in [6.45, 7) is 1.82. The van der Waals surface area contributed by atoms with Gasteiger partial charge in [-0.2, -0.15) is 0 Å². The van der Waals surface area contributed by atoms with Gasteiger partial charge in [0.2, 0.25) is 0 Å². The van der Waals surface area contributed by atoms with Gasteiger partial charge >= 0.3 is 84.7 Å². The molecule has 0 N–H and O–H groups in total. The predicted octanol–water partition coefficient (Wildman–Crippen LogP) is 2.24. The monoisotopic (exact) mass is 352 g/mol. The van der Waals surface area contributed by atoms with Gasteiger partial charge in [0, 0.05) is 0 Å². The molecule has 0 aromatic heterocycles. The number of hydrogen-bond donors (Lipinski definition) is 0. The zero-order valence-corrected chi connectivity index (χ0v) is 15.3. The van der Waals surface area contributed by atoms with E-state index in [2.05, 4.69) is 60.7 Å². The maximum atomic E-state index is 10.4. The normalized spacial score (nSPS) is 10.2. The van der Waals surface area contributed by atoms with Gasteiger partial charge in [-0.15, -0.1) is 0 Å². The fraction of sp³-hybridized carbons (Fsp3) is 0.0526. The van der Waals surface area contributed by atoms with Crippen LogP contribution in [0.5, 0.6) is 0 Å². The Morgan fingerprint density at radius 2 is 1.12 bits per heavy atom. The van der Waals surface area contributed by atoms with Gasteiger partial charge in [0.05, 0.1) is 4.90 Å². The molecule has 3 rings (SSSR count). The van der Waals surface area contributed by atoms with Crippen LogP contribution in [0.3, 0.4) is 0 Å². The number of hydrogen-bond acceptors (Lipinski definition) is 3. The molecule has 120 valence electrons. The Kier molecular flexibility index (Phi) is 6.77. The number of aryl methyl sites for hydroxylation is 1. The standard InChI is InChI=1S/C7H8O3S.2C6H5.Al/c1-6-2-4-7(5-3-6)11(8,9)10;2*1-2-4-6-5-3-1;/h2-5H,1H3,(H,8,9,10);2*1-5H;/q;;;+1/p-1. The molecule has 3 aromatic carbocycles. The number of rotatable bonds is 3. The molecule has 0 fully saturated rings. The van der Waals surface area contributed by atoms with Crippen molar-refractivity contribution >= 4 is 34.2 Å². The summed E-state index contributed by atoms with van der Waals surface area (Å²) < 4.78 is 34.1. The van der Waals surface area contributed by atoms with Crippen molar-refractivity contribution in [3.63, 3.8) is 0 Å². The molecule has 0 aliphatic carbocycles. The van der Waals surface area contributed by atoms with E-state index in [9.17, 15) is 13.0 Å². The summed E-state index contributed by atoms with van der Waals surface area (Å²) in [5.41, 5.74) is 0.928.